The Morgan fingerprint density at radius 1 is 1.30 bits per heavy atom. The monoisotopic (exact) mass is 365 g/mol. The van der Waals surface area contributed by atoms with Crippen LogP contribution in [0.3, 0.4) is 0 Å². The summed E-state index contributed by atoms with van der Waals surface area (Å²) in [5.41, 5.74) is 5.84. The fraction of sp³-hybridized carbons (Fsp3) is 0.643. The maximum Gasteiger partial charge on any atom is 0.287 e. The molecule has 9 heteroatoms. The minimum absolute atomic E-state index is 0. The number of aryl methyl sites for hydroxylation is 1. The van der Waals surface area contributed by atoms with Gasteiger partial charge in [-0.25, -0.2) is 12.7 Å². The van der Waals surface area contributed by atoms with Gasteiger partial charge < -0.3 is 15.5 Å². The average molecular weight is 366 g/mol. The Kier molecular flexibility index (Phi) is 6.64. The number of carbonyl (C=O) groups is 1. The third kappa shape index (κ3) is 4.47. The van der Waals surface area contributed by atoms with E-state index < -0.39 is 10.0 Å². The van der Waals surface area contributed by atoms with Crippen LogP contribution in [0.15, 0.2) is 15.4 Å². The van der Waals surface area contributed by atoms with Gasteiger partial charge in [0, 0.05) is 32.2 Å². The highest BCUT2D eigenvalue weighted by Gasteiger charge is 2.27. The van der Waals surface area contributed by atoms with Crippen LogP contribution in [0.1, 0.15) is 42.0 Å². The molecule has 0 spiro atoms. The average Bonchev–Trinajstić information content (AvgIpc) is 2.84. The predicted molar refractivity (Wildman–Crippen MR) is 89.3 cm³/mol. The van der Waals surface area contributed by atoms with E-state index in [9.17, 15) is 13.2 Å². The van der Waals surface area contributed by atoms with E-state index in [1.165, 1.54) is 27.1 Å². The fourth-order valence-electron chi connectivity index (χ4n) is 2.55. The van der Waals surface area contributed by atoms with Gasteiger partial charge in [0.1, 0.15) is 10.7 Å². The zero-order valence-electron chi connectivity index (χ0n) is 13.5. The van der Waals surface area contributed by atoms with Crippen molar-refractivity contribution in [3.63, 3.8) is 0 Å². The first-order valence-electron chi connectivity index (χ1n) is 7.31. The van der Waals surface area contributed by atoms with Crippen molar-refractivity contribution in [3.8, 4) is 0 Å². The smallest absolute Gasteiger partial charge is 0.287 e. The molecule has 1 fully saturated rings. The highest BCUT2D eigenvalue weighted by atomic mass is 35.5. The highest BCUT2D eigenvalue weighted by molar-refractivity contribution is 7.89. The molecule has 0 aliphatic heterocycles. The number of nitrogens with two attached hydrogens (primary N) is 1. The fourth-order valence-corrected chi connectivity index (χ4v) is 3.60. The van der Waals surface area contributed by atoms with Crippen LogP contribution in [0, 0.1) is 6.92 Å². The molecule has 1 heterocycles. The van der Waals surface area contributed by atoms with Gasteiger partial charge in [-0.3, -0.25) is 4.79 Å². The van der Waals surface area contributed by atoms with Crippen molar-refractivity contribution < 1.29 is 17.6 Å². The molecule has 0 unspecified atom stereocenters. The van der Waals surface area contributed by atoms with E-state index >= 15 is 0 Å². The lowest BCUT2D eigenvalue weighted by molar-refractivity contribution is 0.0896. The van der Waals surface area contributed by atoms with Crippen LogP contribution < -0.4 is 11.1 Å². The van der Waals surface area contributed by atoms with Crippen molar-refractivity contribution in [2.24, 2.45) is 5.73 Å². The van der Waals surface area contributed by atoms with Gasteiger partial charge in [-0.05, 0) is 32.6 Å². The summed E-state index contributed by atoms with van der Waals surface area (Å²) in [6, 6.07) is 1.55. The van der Waals surface area contributed by atoms with Crippen molar-refractivity contribution in [2.75, 3.05) is 14.1 Å². The Hall–Kier alpha value is -1.09. The molecule has 1 amide bonds. The number of nitrogens with zero attached hydrogens (tertiary/aromatic N) is 1. The molecule has 0 saturated heterocycles. The zero-order valence-corrected chi connectivity index (χ0v) is 15.2. The van der Waals surface area contributed by atoms with E-state index in [2.05, 4.69) is 5.32 Å². The Bertz CT molecular complexity index is 649. The van der Waals surface area contributed by atoms with E-state index in [1.54, 1.807) is 0 Å². The van der Waals surface area contributed by atoms with Gasteiger partial charge in [-0.15, -0.1) is 12.4 Å². The number of amides is 1. The Morgan fingerprint density at radius 2 is 1.87 bits per heavy atom. The van der Waals surface area contributed by atoms with Crippen molar-refractivity contribution in [1.29, 1.82) is 0 Å². The molecule has 23 heavy (non-hydrogen) atoms. The lowest BCUT2D eigenvalue weighted by Crippen LogP contribution is -2.40. The van der Waals surface area contributed by atoms with Crippen LogP contribution in [-0.4, -0.2) is 44.8 Å². The number of nitrogens with one attached hydrogen (secondary N) is 1. The molecular weight excluding hydrogens is 342 g/mol. The number of rotatable bonds is 4. The summed E-state index contributed by atoms with van der Waals surface area (Å²) in [5, 5.41) is 2.88. The summed E-state index contributed by atoms with van der Waals surface area (Å²) >= 11 is 0. The quantitative estimate of drug-likeness (QED) is 0.835. The standard InChI is InChI=1S/C14H23N3O4S.ClH/c1-9-13(22(19,20)17(2)3)8-12(21-9)14(18)16-11-6-4-10(15)5-7-11;/h8,10-11H,4-7,15H2,1-3H3,(H,16,18);1H. The van der Waals surface area contributed by atoms with E-state index in [4.69, 9.17) is 10.2 Å². The van der Waals surface area contributed by atoms with Gasteiger partial charge >= 0.3 is 0 Å². The number of carbonyl (C=O) groups excluding carboxylic acids is 1. The van der Waals surface area contributed by atoms with Crippen LogP contribution in [0.4, 0.5) is 0 Å². The highest BCUT2D eigenvalue weighted by Crippen LogP contribution is 2.23. The Labute approximate surface area is 143 Å². The molecule has 1 saturated carbocycles. The third-order valence-electron chi connectivity index (χ3n) is 3.96. The molecule has 1 aromatic rings. The summed E-state index contributed by atoms with van der Waals surface area (Å²) in [7, 11) is -0.743. The maximum atomic E-state index is 12.2. The first kappa shape index (κ1) is 20.0. The molecular formula is C14H24ClN3O4S. The summed E-state index contributed by atoms with van der Waals surface area (Å²) < 4.78 is 30.7. The van der Waals surface area contributed by atoms with Crippen molar-refractivity contribution >= 4 is 28.3 Å². The topological polar surface area (TPSA) is 106 Å². The normalized spacial score (nSPS) is 21.8. The molecule has 7 nitrogen and oxygen atoms in total. The van der Waals surface area contributed by atoms with Crippen LogP contribution in [0.5, 0.6) is 0 Å². The van der Waals surface area contributed by atoms with Crippen LogP contribution in [0.25, 0.3) is 0 Å². The van der Waals surface area contributed by atoms with E-state index in [1.807, 2.05) is 0 Å². The number of hydrogen-bond donors (Lipinski definition) is 2. The molecule has 1 aliphatic rings. The van der Waals surface area contributed by atoms with Gasteiger partial charge in [0.25, 0.3) is 5.91 Å². The first-order valence-corrected chi connectivity index (χ1v) is 8.75. The SMILES string of the molecule is Cc1oc(C(=O)NC2CCC(N)CC2)cc1S(=O)(=O)N(C)C.Cl. The second-order valence-electron chi connectivity index (χ2n) is 5.90. The maximum absolute atomic E-state index is 12.2. The van der Waals surface area contributed by atoms with Crippen molar-refractivity contribution in [3.05, 3.63) is 17.6 Å². The minimum Gasteiger partial charge on any atom is -0.455 e. The minimum atomic E-state index is -3.62. The molecule has 0 radical (unpaired) electrons. The van der Waals surface area contributed by atoms with E-state index in [0.29, 0.717) is 0 Å². The second-order valence-corrected chi connectivity index (χ2v) is 8.02. The molecule has 3 N–H and O–H groups in total. The van der Waals surface area contributed by atoms with Gasteiger partial charge in [0.05, 0.1) is 0 Å². The summed E-state index contributed by atoms with van der Waals surface area (Å²) in [6.07, 6.45) is 3.41. The molecule has 1 aromatic heterocycles. The van der Waals surface area contributed by atoms with Crippen LogP contribution in [-0.2, 0) is 10.0 Å². The van der Waals surface area contributed by atoms with Gasteiger partial charge in [0.15, 0.2) is 5.76 Å². The second kappa shape index (κ2) is 7.65. The van der Waals surface area contributed by atoms with E-state index in [-0.39, 0.29) is 46.8 Å². The number of halogens is 1. The zero-order chi connectivity index (χ0) is 16.5. The summed E-state index contributed by atoms with van der Waals surface area (Å²) in [5.74, 6) is -0.152. The number of sulfonamides is 1. The number of hydrogen-bond acceptors (Lipinski definition) is 5. The van der Waals surface area contributed by atoms with Crippen molar-refractivity contribution in [1.82, 2.24) is 9.62 Å². The van der Waals surface area contributed by atoms with Gasteiger partial charge in [-0.1, -0.05) is 0 Å². The van der Waals surface area contributed by atoms with Gasteiger partial charge in [-0.2, -0.15) is 0 Å². The number of furan rings is 1. The molecule has 0 bridgehead atoms. The lowest BCUT2D eigenvalue weighted by Gasteiger charge is -2.26. The van der Waals surface area contributed by atoms with Crippen LogP contribution >= 0.6 is 12.4 Å². The molecule has 1 aliphatic carbocycles. The van der Waals surface area contributed by atoms with Gasteiger partial charge in [0.2, 0.25) is 10.0 Å². The van der Waals surface area contributed by atoms with Crippen LogP contribution in [0.2, 0.25) is 0 Å². The molecule has 0 aromatic carbocycles. The van der Waals surface area contributed by atoms with E-state index in [0.717, 1.165) is 30.0 Å². The first-order chi connectivity index (χ1) is 10.2. The van der Waals surface area contributed by atoms with Crippen molar-refractivity contribution in [2.45, 2.75) is 49.6 Å². The largest absolute Gasteiger partial charge is 0.455 e. The molecule has 0 atom stereocenters. The lowest BCUT2D eigenvalue weighted by atomic mass is 9.92. The molecule has 132 valence electrons. The Balaban J connectivity index is 0.00000264. The summed E-state index contributed by atoms with van der Waals surface area (Å²) in [4.78, 5) is 12.2. The Morgan fingerprint density at radius 3 is 2.39 bits per heavy atom. The predicted octanol–water partition coefficient (Wildman–Crippen LogP) is 1.26. The summed E-state index contributed by atoms with van der Waals surface area (Å²) in [6.45, 7) is 1.53. The third-order valence-corrected chi connectivity index (χ3v) is 5.88. The molecule has 2 rings (SSSR count).